The summed E-state index contributed by atoms with van der Waals surface area (Å²) in [5.74, 6) is 0. The number of hydrogen-bond acceptors (Lipinski definition) is 4. The fourth-order valence-electron chi connectivity index (χ4n) is 2.58. The third kappa shape index (κ3) is 2.04. The minimum Gasteiger partial charge on any atom is -0.391 e. The van der Waals surface area contributed by atoms with E-state index >= 15 is 0 Å². The number of thiophene rings is 1. The quantitative estimate of drug-likeness (QED) is 0.947. The van der Waals surface area contributed by atoms with Crippen LogP contribution in [0.2, 0.25) is 0 Å². The summed E-state index contributed by atoms with van der Waals surface area (Å²) in [6, 6.07) is 10.7. The molecule has 3 rings (SSSR count). The number of fused-ring (bicyclic) bond motifs is 1. The molecule has 2 aromatic rings. The molecule has 0 amide bonds. The minimum absolute atomic E-state index is 0.0860. The normalized spacial score (nSPS) is 18.3. The van der Waals surface area contributed by atoms with Gasteiger partial charge in [0.05, 0.1) is 12.3 Å². The predicted molar refractivity (Wildman–Crippen MR) is 79.5 cm³/mol. The Hall–Kier alpha value is -1.37. The van der Waals surface area contributed by atoms with Gasteiger partial charge in [-0.15, -0.1) is 11.3 Å². The Kier molecular flexibility index (Phi) is 3.32. The fraction of sp³-hybridized carbons (Fsp3) is 0.286. The Morgan fingerprint density at radius 1 is 1.30 bits per heavy atom. The van der Waals surface area contributed by atoms with Crippen LogP contribution in [0.25, 0.3) is 0 Å². The molecule has 0 fully saturated rings. The minimum atomic E-state index is -3.55. The van der Waals surface area contributed by atoms with Crippen LogP contribution in [0, 0.1) is 0 Å². The maximum atomic E-state index is 12.8. The van der Waals surface area contributed by atoms with E-state index in [4.69, 9.17) is 5.11 Å². The first-order valence-electron chi connectivity index (χ1n) is 6.36. The summed E-state index contributed by atoms with van der Waals surface area (Å²) in [5, 5.41) is 9.09. The number of rotatable bonds is 3. The standard InChI is InChI=1S/C14H15NO3S2/c1-10-8-11-4-2-3-5-13(11)15(10)20(17,18)14-7-6-12(9-16)19-14/h2-7,10,16H,8-9H2,1H3. The fourth-order valence-corrected chi connectivity index (χ4v) is 5.58. The van der Waals surface area contributed by atoms with Crippen molar-refractivity contribution < 1.29 is 13.5 Å². The first kappa shape index (κ1) is 13.6. The first-order chi connectivity index (χ1) is 9.54. The number of benzene rings is 1. The molecule has 1 N–H and O–H groups in total. The highest BCUT2D eigenvalue weighted by Gasteiger charge is 2.36. The van der Waals surface area contributed by atoms with Gasteiger partial charge < -0.3 is 5.11 Å². The van der Waals surface area contributed by atoms with Gasteiger partial charge in [0, 0.05) is 10.9 Å². The van der Waals surface area contributed by atoms with Gasteiger partial charge in [-0.1, -0.05) is 18.2 Å². The first-order valence-corrected chi connectivity index (χ1v) is 8.61. The van der Waals surface area contributed by atoms with Crippen LogP contribution in [-0.2, 0) is 23.1 Å². The van der Waals surface area contributed by atoms with E-state index in [1.165, 1.54) is 4.31 Å². The summed E-state index contributed by atoms with van der Waals surface area (Å²) >= 11 is 1.12. The van der Waals surface area contributed by atoms with Crippen molar-refractivity contribution in [2.75, 3.05) is 4.31 Å². The van der Waals surface area contributed by atoms with Gasteiger partial charge in [-0.05, 0) is 37.1 Å². The van der Waals surface area contributed by atoms with Gasteiger partial charge in [0.15, 0.2) is 0 Å². The highest BCUT2D eigenvalue weighted by Crippen LogP contribution is 2.37. The van der Waals surface area contributed by atoms with Crippen LogP contribution in [0.5, 0.6) is 0 Å². The lowest BCUT2D eigenvalue weighted by Crippen LogP contribution is -2.35. The molecule has 0 bridgehead atoms. The van der Waals surface area contributed by atoms with Gasteiger partial charge in [0.25, 0.3) is 10.0 Å². The molecule has 4 nitrogen and oxygen atoms in total. The smallest absolute Gasteiger partial charge is 0.274 e. The molecule has 6 heteroatoms. The zero-order valence-electron chi connectivity index (χ0n) is 11.0. The Morgan fingerprint density at radius 3 is 2.75 bits per heavy atom. The van der Waals surface area contributed by atoms with Crippen LogP contribution in [0.4, 0.5) is 5.69 Å². The zero-order valence-corrected chi connectivity index (χ0v) is 12.6. The summed E-state index contributed by atoms with van der Waals surface area (Å²) in [4.78, 5) is 0.656. The SMILES string of the molecule is CC1Cc2ccccc2N1S(=O)(=O)c1ccc(CO)s1. The van der Waals surface area contributed by atoms with Crippen LogP contribution in [0.1, 0.15) is 17.4 Å². The van der Waals surface area contributed by atoms with Gasteiger partial charge in [0.2, 0.25) is 0 Å². The third-order valence-corrected chi connectivity index (χ3v) is 6.92. The van der Waals surface area contributed by atoms with E-state index in [-0.39, 0.29) is 16.9 Å². The molecule has 0 aliphatic carbocycles. The van der Waals surface area contributed by atoms with Crippen molar-refractivity contribution in [3.05, 3.63) is 46.8 Å². The van der Waals surface area contributed by atoms with Crippen molar-refractivity contribution in [3.8, 4) is 0 Å². The summed E-state index contributed by atoms with van der Waals surface area (Å²) < 4.78 is 27.4. The number of nitrogens with zero attached hydrogens (tertiary/aromatic N) is 1. The number of aliphatic hydroxyl groups is 1. The predicted octanol–water partition coefficient (Wildman–Crippen LogP) is 2.38. The van der Waals surface area contributed by atoms with Crippen molar-refractivity contribution in [1.29, 1.82) is 0 Å². The maximum absolute atomic E-state index is 12.8. The lowest BCUT2D eigenvalue weighted by Gasteiger charge is -2.23. The largest absolute Gasteiger partial charge is 0.391 e. The van der Waals surface area contributed by atoms with Crippen molar-refractivity contribution in [2.45, 2.75) is 30.2 Å². The lowest BCUT2D eigenvalue weighted by atomic mass is 10.1. The monoisotopic (exact) mass is 309 g/mol. The van der Waals surface area contributed by atoms with E-state index in [1.807, 2.05) is 31.2 Å². The van der Waals surface area contributed by atoms with Crippen molar-refractivity contribution in [1.82, 2.24) is 0 Å². The van der Waals surface area contributed by atoms with Gasteiger partial charge in [-0.25, -0.2) is 8.42 Å². The molecule has 0 saturated heterocycles. The van der Waals surface area contributed by atoms with Crippen LogP contribution in [0.3, 0.4) is 0 Å². The number of anilines is 1. The van der Waals surface area contributed by atoms with Crippen molar-refractivity contribution >= 4 is 27.0 Å². The molecule has 1 aromatic heterocycles. The van der Waals surface area contributed by atoms with E-state index in [0.717, 1.165) is 29.0 Å². The zero-order chi connectivity index (χ0) is 14.3. The molecular formula is C14H15NO3S2. The lowest BCUT2D eigenvalue weighted by molar-refractivity contribution is 0.285. The molecule has 1 unspecified atom stereocenters. The molecule has 1 aliphatic heterocycles. The molecule has 1 aliphatic rings. The molecule has 0 spiro atoms. The van der Waals surface area contributed by atoms with Gasteiger partial charge >= 0.3 is 0 Å². The average molecular weight is 309 g/mol. The van der Waals surface area contributed by atoms with Crippen LogP contribution in [0.15, 0.2) is 40.6 Å². The van der Waals surface area contributed by atoms with Crippen LogP contribution in [-0.4, -0.2) is 19.6 Å². The van der Waals surface area contributed by atoms with Crippen molar-refractivity contribution in [3.63, 3.8) is 0 Å². The van der Waals surface area contributed by atoms with E-state index in [1.54, 1.807) is 12.1 Å². The second-order valence-electron chi connectivity index (χ2n) is 4.86. The van der Waals surface area contributed by atoms with Gasteiger partial charge in [-0.2, -0.15) is 0 Å². The summed E-state index contributed by atoms with van der Waals surface area (Å²) in [5.41, 5.74) is 1.82. The van der Waals surface area contributed by atoms with Gasteiger partial charge in [-0.3, -0.25) is 4.31 Å². The maximum Gasteiger partial charge on any atom is 0.274 e. The summed E-state index contributed by atoms with van der Waals surface area (Å²) in [7, 11) is -3.55. The molecule has 1 atom stereocenters. The Labute approximate surface area is 122 Å². The Balaban J connectivity index is 2.07. The molecule has 0 radical (unpaired) electrons. The molecule has 0 saturated carbocycles. The Bertz CT molecular complexity index is 736. The second-order valence-corrected chi connectivity index (χ2v) is 8.07. The van der Waals surface area contributed by atoms with E-state index in [0.29, 0.717) is 4.88 Å². The third-order valence-electron chi connectivity index (χ3n) is 3.45. The number of aliphatic hydroxyl groups excluding tert-OH is 1. The molecule has 2 heterocycles. The average Bonchev–Trinajstić information content (AvgIpc) is 3.01. The van der Waals surface area contributed by atoms with E-state index < -0.39 is 10.0 Å². The number of para-hydroxylation sites is 1. The highest BCUT2D eigenvalue weighted by molar-refractivity contribution is 7.94. The van der Waals surface area contributed by atoms with Gasteiger partial charge in [0.1, 0.15) is 4.21 Å². The number of sulfonamides is 1. The van der Waals surface area contributed by atoms with Crippen molar-refractivity contribution in [2.24, 2.45) is 0 Å². The molecule has 1 aromatic carbocycles. The van der Waals surface area contributed by atoms with E-state index in [2.05, 4.69) is 0 Å². The van der Waals surface area contributed by atoms with E-state index in [9.17, 15) is 8.42 Å². The Morgan fingerprint density at radius 2 is 2.05 bits per heavy atom. The molecule has 20 heavy (non-hydrogen) atoms. The molecule has 106 valence electrons. The summed E-state index contributed by atoms with van der Waals surface area (Å²) in [6.07, 6.45) is 0.730. The highest BCUT2D eigenvalue weighted by atomic mass is 32.2. The van der Waals surface area contributed by atoms with Crippen LogP contribution < -0.4 is 4.31 Å². The second kappa shape index (κ2) is 4.87. The molecular weight excluding hydrogens is 294 g/mol. The van der Waals surface area contributed by atoms with Crippen LogP contribution >= 0.6 is 11.3 Å². The number of hydrogen-bond donors (Lipinski definition) is 1. The topological polar surface area (TPSA) is 57.6 Å². The summed E-state index contributed by atoms with van der Waals surface area (Å²) in [6.45, 7) is 1.78.